The molecule has 0 radical (unpaired) electrons. The van der Waals surface area contributed by atoms with Crippen molar-refractivity contribution in [1.29, 1.82) is 0 Å². The minimum Gasteiger partial charge on any atom is -0.387 e. The molecule has 2 rings (SSSR count). The van der Waals surface area contributed by atoms with Crippen LogP contribution < -0.4 is 0 Å². The predicted octanol–water partition coefficient (Wildman–Crippen LogP) is 2.81. The highest BCUT2D eigenvalue weighted by Gasteiger charge is 2.25. The van der Waals surface area contributed by atoms with E-state index < -0.39 is 18.3 Å². The van der Waals surface area contributed by atoms with Crippen molar-refractivity contribution in [3.63, 3.8) is 0 Å². The molecule has 110 valence electrons. The minimum atomic E-state index is -1.03. The van der Waals surface area contributed by atoms with E-state index in [-0.39, 0.29) is 0 Å². The van der Waals surface area contributed by atoms with Crippen LogP contribution in [-0.2, 0) is 4.74 Å². The Bertz CT molecular complexity index is 551. The van der Waals surface area contributed by atoms with Crippen LogP contribution in [0.3, 0.4) is 0 Å². The maximum atomic E-state index is 10.3. The lowest BCUT2D eigenvalue weighted by Gasteiger charge is -2.23. The van der Waals surface area contributed by atoms with E-state index in [2.05, 4.69) is 0 Å². The quantitative estimate of drug-likeness (QED) is 0.857. The van der Waals surface area contributed by atoms with E-state index in [0.29, 0.717) is 5.56 Å². The zero-order chi connectivity index (χ0) is 15.1. The molecule has 0 aliphatic carbocycles. The number of aliphatic hydroxyl groups excluding tert-OH is 2. The van der Waals surface area contributed by atoms with Gasteiger partial charge in [0, 0.05) is 7.11 Å². The van der Waals surface area contributed by atoms with Crippen LogP contribution in [0.25, 0.3) is 6.08 Å². The van der Waals surface area contributed by atoms with Crippen LogP contribution >= 0.6 is 0 Å². The van der Waals surface area contributed by atoms with E-state index in [1.54, 1.807) is 18.2 Å². The summed E-state index contributed by atoms with van der Waals surface area (Å²) in [7, 11) is 1.51. The first-order valence-electron chi connectivity index (χ1n) is 6.89. The summed E-state index contributed by atoms with van der Waals surface area (Å²) in [5, 5.41) is 20.5. The van der Waals surface area contributed by atoms with Gasteiger partial charge in [-0.25, -0.2) is 0 Å². The van der Waals surface area contributed by atoms with Crippen molar-refractivity contribution in [2.45, 2.75) is 18.3 Å². The first-order chi connectivity index (χ1) is 10.2. The molecule has 0 aromatic heterocycles. The molecule has 2 aromatic carbocycles. The summed E-state index contributed by atoms with van der Waals surface area (Å²) >= 11 is 0. The largest absolute Gasteiger partial charge is 0.387 e. The summed E-state index contributed by atoms with van der Waals surface area (Å²) < 4.78 is 5.28. The Hall–Kier alpha value is -1.94. The smallest absolute Gasteiger partial charge is 0.114 e. The number of rotatable bonds is 6. The van der Waals surface area contributed by atoms with Crippen molar-refractivity contribution in [3.8, 4) is 0 Å². The molecule has 0 heterocycles. The van der Waals surface area contributed by atoms with E-state index in [0.717, 1.165) is 5.56 Å². The van der Waals surface area contributed by atoms with Crippen LogP contribution in [0, 0.1) is 0 Å². The third-order valence-corrected chi connectivity index (χ3v) is 3.35. The molecule has 3 nitrogen and oxygen atoms in total. The minimum absolute atomic E-state index is 0.583. The Morgan fingerprint density at radius 3 is 2.05 bits per heavy atom. The fourth-order valence-corrected chi connectivity index (χ4v) is 2.13. The number of aliphatic hydroxyl groups is 2. The van der Waals surface area contributed by atoms with Crippen molar-refractivity contribution < 1.29 is 14.9 Å². The number of benzene rings is 2. The van der Waals surface area contributed by atoms with Crippen LogP contribution in [0.4, 0.5) is 0 Å². The van der Waals surface area contributed by atoms with Gasteiger partial charge in [0.2, 0.25) is 0 Å². The third-order valence-electron chi connectivity index (χ3n) is 3.35. The summed E-state index contributed by atoms with van der Waals surface area (Å²) in [4.78, 5) is 0. The van der Waals surface area contributed by atoms with Crippen LogP contribution in [0.1, 0.15) is 17.2 Å². The van der Waals surface area contributed by atoms with Crippen molar-refractivity contribution in [2.75, 3.05) is 7.11 Å². The van der Waals surface area contributed by atoms with Gasteiger partial charge in [0.25, 0.3) is 0 Å². The summed E-state index contributed by atoms with van der Waals surface area (Å²) in [6, 6.07) is 18.8. The summed E-state index contributed by atoms with van der Waals surface area (Å²) in [6.07, 6.45) is 1.02. The van der Waals surface area contributed by atoms with Gasteiger partial charge in [-0.2, -0.15) is 0 Å². The summed E-state index contributed by atoms with van der Waals surface area (Å²) in [6.45, 7) is 0. The fraction of sp³-hybridized carbons (Fsp3) is 0.222. The number of ether oxygens (including phenoxy) is 1. The van der Waals surface area contributed by atoms with Crippen LogP contribution in [0.15, 0.2) is 66.7 Å². The zero-order valence-electron chi connectivity index (χ0n) is 12.0. The van der Waals surface area contributed by atoms with Gasteiger partial charge in [-0.3, -0.25) is 0 Å². The molecule has 0 spiro atoms. The molecular formula is C18H20O3. The zero-order valence-corrected chi connectivity index (χ0v) is 12.0. The monoisotopic (exact) mass is 284 g/mol. The van der Waals surface area contributed by atoms with Crippen LogP contribution in [0.5, 0.6) is 0 Å². The van der Waals surface area contributed by atoms with Gasteiger partial charge < -0.3 is 14.9 Å². The second kappa shape index (κ2) is 7.74. The molecule has 21 heavy (non-hydrogen) atoms. The predicted molar refractivity (Wildman–Crippen MR) is 83.7 cm³/mol. The van der Waals surface area contributed by atoms with Crippen molar-refractivity contribution in [2.24, 2.45) is 0 Å². The van der Waals surface area contributed by atoms with Crippen LogP contribution in [-0.4, -0.2) is 29.5 Å². The Morgan fingerprint density at radius 2 is 1.48 bits per heavy atom. The van der Waals surface area contributed by atoms with Gasteiger partial charge in [-0.05, 0) is 11.1 Å². The molecule has 2 aromatic rings. The van der Waals surface area contributed by atoms with Gasteiger partial charge in [0.1, 0.15) is 18.3 Å². The molecule has 0 saturated carbocycles. The molecule has 0 amide bonds. The Labute approximate surface area is 125 Å². The number of hydrogen-bond acceptors (Lipinski definition) is 3. The number of hydrogen-bond donors (Lipinski definition) is 2. The topological polar surface area (TPSA) is 49.7 Å². The highest BCUT2D eigenvalue weighted by Crippen LogP contribution is 2.21. The molecule has 2 N–H and O–H groups in total. The van der Waals surface area contributed by atoms with Gasteiger partial charge in [0.15, 0.2) is 0 Å². The first kappa shape index (κ1) is 15.4. The lowest BCUT2D eigenvalue weighted by atomic mass is 9.99. The molecular weight excluding hydrogens is 264 g/mol. The summed E-state index contributed by atoms with van der Waals surface area (Å²) in [5.41, 5.74) is 1.68. The highest BCUT2D eigenvalue weighted by molar-refractivity contribution is 5.49. The second-order valence-corrected chi connectivity index (χ2v) is 4.82. The average molecular weight is 284 g/mol. The molecule has 0 saturated heterocycles. The second-order valence-electron chi connectivity index (χ2n) is 4.82. The van der Waals surface area contributed by atoms with Crippen LogP contribution in [0.2, 0.25) is 0 Å². The molecule has 3 atom stereocenters. The molecule has 0 bridgehead atoms. The standard InChI is InChI=1S/C18H20O3/c1-21-16(13-12-14-8-4-2-5-9-14)18(20)17(19)15-10-6-3-7-11-15/h2-13,16-20H,1H3/b13-12+/t16-,17+,18-/m1/s1. The Morgan fingerprint density at radius 1 is 0.905 bits per heavy atom. The van der Waals surface area contributed by atoms with Gasteiger partial charge in [-0.15, -0.1) is 0 Å². The van der Waals surface area contributed by atoms with E-state index >= 15 is 0 Å². The lowest BCUT2D eigenvalue weighted by molar-refractivity contribution is -0.0573. The van der Waals surface area contributed by atoms with E-state index in [1.165, 1.54) is 7.11 Å². The Balaban J connectivity index is 2.08. The fourth-order valence-electron chi connectivity index (χ4n) is 2.13. The van der Waals surface area contributed by atoms with E-state index in [1.807, 2.05) is 54.6 Å². The number of methoxy groups -OCH3 is 1. The molecule has 0 aliphatic heterocycles. The van der Waals surface area contributed by atoms with E-state index in [9.17, 15) is 10.2 Å². The normalized spacial score (nSPS) is 15.8. The Kier molecular flexibility index (Phi) is 5.69. The maximum absolute atomic E-state index is 10.3. The first-order valence-corrected chi connectivity index (χ1v) is 6.89. The molecule has 0 fully saturated rings. The van der Waals surface area contributed by atoms with Gasteiger partial charge in [0.05, 0.1) is 0 Å². The van der Waals surface area contributed by atoms with Crippen molar-refractivity contribution in [3.05, 3.63) is 77.9 Å². The maximum Gasteiger partial charge on any atom is 0.114 e. The van der Waals surface area contributed by atoms with Crippen molar-refractivity contribution >= 4 is 6.08 Å². The lowest BCUT2D eigenvalue weighted by Crippen LogP contribution is -2.32. The molecule has 0 aliphatic rings. The highest BCUT2D eigenvalue weighted by atomic mass is 16.5. The molecule has 0 unspecified atom stereocenters. The van der Waals surface area contributed by atoms with Gasteiger partial charge >= 0.3 is 0 Å². The van der Waals surface area contributed by atoms with Gasteiger partial charge in [-0.1, -0.05) is 72.8 Å². The third kappa shape index (κ3) is 4.26. The SMILES string of the molecule is CO[C@H](/C=C/c1ccccc1)[C@@H](O)[C@@H](O)c1ccccc1. The van der Waals surface area contributed by atoms with Crippen molar-refractivity contribution in [1.82, 2.24) is 0 Å². The molecule has 3 heteroatoms. The average Bonchev–Trinajstić information content (AvgIpc) is 2.56. The van der Waals surface area contributed by atoms with E-state index in [4.69, 9.17) is 4.74 Å². The summed E-state index contributed by atoms with van der Waals surface area (Å²) in [5.74, 6) is 0.